The molecule has 0 atom stereocenters. The average Bonchev–Trinajstić information content (AvgIpc) is 2.32. The Morgan fingerprint density at radius 3 is 2.67 bits per heavy atom. The van der Waals surface area contributed by atoms with Crippen molar-refractivity contribution in [1.82, 2.24) is 4.98 Å². The Morgan fingerprint density at radius 1 is 1.22 bits per heavy atom. The van der Waals surface area contributed by atoms with Gasteiger partial charge in [-0.2, -0.15) is 0 Å². The number of carbonyl (C=O) groups is 1. The van der Waals surface area contributed by atoms with Gasteiger partial charge in [0.15, 0.2) is 0 Å². The molecule has 18 heavy (non-hydrogen) atoms. The summed E-state index contributed by atoms with van der Waals surface area (Å²) in [4.78, 5) is 15.8. The van der Waals surface area contributed by atoms with Crippen LogP contribution in [-0.4, -0.2) is 10.9 Å². The van der Waals surface area contributed by atoms with Gasteiger partial charge in [0, 0.05) is 5.02 Å². The molecule has 1 amide bonds. The fourth-order valence-electron chi connectivity index (χ4n) is 1.36. The van der Waals surface area contributed by atoms with Crippen molar-refractivity contribution >= 4 is 40.6 Å². The molecule has 0 saturated heterocycles. The van der Waals surface area contributed by atoms with Crippen LogP contribution in [0, 0.1) is 0 Å². The SMILES string of the molecule is Nc1cccc(C(=O)Nc2ccc(Cl)cc2Cl)n1. The molecule has 2 rings (SSSR count). The van der Waals surface area contributed by atoms with Crippen LogP contribution in [0.1, 0.15) is 10.5 Å². The predicted octanol–water partition coefficient (Wildman–Crippen LogP) is 3.22. The van der Waals surface area contributed by atoms with Gasteiger partial charge in [-0.25, -0.2) is 4.98 Å². The zero-order valence-corrected chi connectivity index (χ0v) is 10.7. The molecular formula is C12H9Cl2N3O. The lowest BCUT2D eigenvalue weighted by Gasteiger charge is -2.07. The Hall–Kier alpha value is -1.78. The van der Waals surface area contributed by atoms with Crippen LogP contribution in [-0.2, 0) is 0 Å². The third-order valence-electron chi connectivity index (χ3n) is 2.18. The molecule has 0 unspecified atom stereocenters. The van der Waals surface area contributed by atoms with Gasteiger partial charge in [-0.15, -0.1) is 0 Å². The Morgan fingerprint density at radius 2 is 2.00 bits per heavy atom. The van der Waals surface area contributed by atoms with Gasteiger partial charge in [0.05, 0.1) is 10.7 Å². The largest absolute Gasteiger partial charge is 0.384 e. The maximum atomic E-state index is 11.9. The Labute approximate surface area is 114 Å². The molecule has 2 aromatic rings. The second-order valence-electron chi connectivity index (χ2n) is 3.53. The van der Waals surface area contributed by atoms with Crippen molar-refractivity contribution in [3.63, 3.8) is 0 Å². The number of nitrogens with one attached hydrogen (secondary N) is 1. The summed E-state index contributed by atoms with van der Waals surface area (Å²) >= 11 is 11.7. The monoisotopic (exact) mass is 281 g/mol. The fraction of sp³-hybridized carbons (Fsp3) is 0. The van der Waals surface area contributed by atoms with E-state index in [1.807, 2.05) is 0 Å². The maximum absolute atomic E-state index is 11.9. The lowest BCUT2D eigenvalue weighted by molar-refractivity contribution is 0.102. The molecule has 0 radical (unpaired) electrons. The number of nitrogen functional groups attached to an aromatic ring is 1. The number of benzene rings is 1. The number of amides is 1. The number of nitrogens with two attached hydrogens (primary N) is 1. The summed E-state index contributed by atoms with van der Waals surface area (Å²) in [7, 11) is 0. The van der Waals surface area contributed by atoms with Crippen molar-refractivity contribution in [2.75, 3.05) is 11.1 Å². The van der Waals surface area contributed by atoms with Gasteiger partial charge in [-0.3, -0.25) is 4.79 Å². The molecule has 0 aliphatic heterocycles. The molecule has 3 N–H and O–H groups in total. The molecule has 6 heteroatoms. The first-order valence-corrected chi connectivity index (χ1v) is 5.81. The number of nitrogens with zero attached hydrogens (tertiary/aromatic N) is 1. The predicted molar refractivity (Wildman–Crippen MR) is 73.1 cm³/mol. The van der Waals surface area contributed by atoms with E-state index in [-0.39, 0.29) is 17.4 Å². The van der Waals surface area contributed by atoms with Crippen LogP contribution in [0.5, 0.6) is 0 Å². The topological polar surface area (TPSA) is 68.0 Å². The van der Waals surface area contributed by atoms with Gasteiger partial charge in [0.25, 0.3) is 5.91 Å². The van der Waals surface area contributed by atoms with E-state index >= 15 is 0 Å². The highest BCUT2D eigenvalue weighted by Gasteiger charge is 2.10. The van der Waals surface area contributed by atoms with E-state index in [0.29, 0.717) is 15.7 Å². The molecule has 0 saturated carbocycles. The first kappa shape index (κ1) is 12.7. The molecule has 1 aromatic carbocycles. The third-order valence-corrected chi connectivity index (χ3v) is 2.73. The van der Waals surface area contributed by atoms with Crippen molar-refractivity contribution in [1.29, 1.82) is 0 Å². The van der Waals surface area contributed by atoms with Crippen molar-refractivity contribution in [2.24, 2.45) is 0 Å². The number of anilines is 2. The number of aromatic nitrogens is 1. The highest BCUT2D eigenvalue weighted by molar-refractivity contribution is 6.36. The minimum absolute atomic E-state index is 0.223. The normalized spacial score (nSPS) is 10.1. The number of halogens is 2. The van der Waals surface area contributed by atoms with Crippen molar-refractivity contribution < 1.29 is 4.79 Å². The second kappa shape index (κ2) is 5.25. The first-order chi connectivity index (χ1) is 8.56. The molecule has 0 aliphatic rings. The smallest absolute Gasteiger partial charge is 0.274 e. The van der Waals surface area contributed by atoms with E-state index in [9.17, 15) is 4.79 Å². The second-order valence-corrected chi connectivity index (χ2v) is 4.37. The quantitative estimate of drug-likeness (QED) is 0.888. The van der Waals surface area contributed by atoms with Crippen LogP contribution < -0.4 is 11.1 Å². The zero-order valence-electron chi connectivity index (χ0n) is 9.15. The van der Waals surface area contributed by atoms with Crippen molar-refractivity contribution in [3.8, 4) is 0 Å². The van der Waals surface area contributed by atoms with E-state index in [1.54, 1.807) is 36.4 Å². The third kappa shape index (κ3) is 2.91. The Kier molecular flexibility index (Phi) is 3.69. The van der Waals surface area contributed by atoms with Crippen LogP contribution in [0.15, 0.2) is 36.4 Å². The van der Waals surface area contributed by atoms with Crippen molar-refractivity contribution in [3.05, 3.63) is 52.1 Å². The highest BCUT2D eigenvalue weighted by Crippen LogP contribution is 2.25. The van der Waals surface area contributed by atoms with Crippen LogP contribution in [0.25, 0.3) is 0 Å². The maximum Gasteiger partial charge on any atom is 0.274 e. The van der Waals surface area contributed by atoms with Gasteiger partial charge >= 0.3 is 0 Å². The minimum Gasteiger partial charge on any atom is -0.384 e. The number of hydrogen-bond donors (Lipinski definition) is 2. The highest BCUT2D eigenvalue weighted by atomic mass is 35.5. The summed E-state index contributed by atoms with van der Waals surface area (Å²) < 4.78 is 0. The van der Waals surface area contributed by atoms with Gasteiger partial charge in [0.2, 0.25) is 0 Å². The van der Waals surface area contributed by atoms with E-state index in [2.05, 4.69) is 10.3 Å². The summed E-state index contributed by atoms with van der Waals surface area (Å²) in [5.74, 6) is -0.101. The first-order valence-electron chi connectivity index (χ1n) is 5.05. The van der Waals surface area contributed by atoms with Gasteiger partial charge < -0.3 is 11.1 Å². The molecule has 4 nitrogen and oxygen atoms in total. The average molecular weight is 282 g/mol. The zero-order chi connectivity index (χ0) is 13.1. The number of carbonyl (C=O) groups excluding carboxylic acids is 1. The lowest BCUT2D eigenvalue weighted by Crippen LogP contribution is -2.14. The van der Waals surface area contributed by atoms with Crippen molar-refractivity contribution in [2.45, 2.75) is 0 Å². The fourth-order valence-corrected chi connectivity index (χ4v) is 1.81. The molecule has 1 aromatic heterocycles. The molecule has 1 heterocycles. The molecular weight excluding hydrogens is 273 g/mol. The van der Waals surface area contributed by atoms with Crippen LogP contribution in [0.2, 0.25) is 10.0 Å². The molecule has 92 valence electrons. The number of pyridine rings is 1. The number of hydrogen-bond acceptors (Lipinski definition) is 3. The molecule has 0 spiro atoms. The molecule has 0 bridgehead atoms. The summed E-state index contributed by atoms with van der Waals surface area (Å²) in [6.45, 7) is 0. The minimum atomic E-state index is -0.383. The summed E-state index contributed by atoms with van der Waals surface area (Å²) in [6.07, 6.45) is 0. The summed E-state index contributed by atoms with van der Waals surface area (Å²) in [5.41, 5.74) is 6.20. The lowest BCUT2D eigenvalue weighted by atomic mass is 10.3. The Bertz CT molecular complexity index is 602. The van der Waals surface area contributed by atoms with Crippen LogP contribution in [0.4, 0.5) is 11.5 Å². The summed E-state index contributed by atoms with van der Waals surface area (Å²) in [6, 6.07) is 9.62. The summed E-state index contributed by atoms with van der Waals surface area (Å²) in [5, 5.41) is 3.49. The number of rotatable bonds is 2. The molecule has 0 fully saturated rings. The standard InChI is InChI=1S/C12H9Cl2N3O/c13-7-4-5-9(8(14)6-7)17-12(18)10-2-1-3-11(15)16-10/h1-6H,(H2,15,16)(H,17,18). The van der Waals surface area contributed by atoms with E-state index in [0.717, 1.165) is 0 Å². The van der Waals surface area contributed by atoms with Gasteiger partial charge in [-0.05, 0) is 30.3 Å². The van der Waals surface area contributed by atoms with E-state index in [1.165, 1.54) is 0 Å². The van der Waals surface area contributed by atoms with Crippen LogP contribution in [0.3, 0.4) is 0 Å². The van der Waals surface area contributed by atoms with Gasteiger partial charge in [0.1, 0.15) is 11.5 Å². The molecule has 0 aliphatic carbocycles. The Balaban J connectivity index is 2.21. The van der Waals surface area contributed by atoms with E-state index < -0.39 is 0 Å². The van der Waals surface area contributed by atoms with Crippen LogP contribution >= 0.6 is 23.2 Å². The van der Waals surface area contributed by atoms with E-state index in [4.69, 9.17) is 28.9 Å². The van der Waals surface area contributed by atoms with Gasteiger partial charge in [-0.1, -0.05) is 29.3 Å².